The van der Waals surface area contributed by atoms with Crippen molar-refractivity contribution >= 4 is 12.1 Å². The van der Waals surface area contributed by atoms with Crippen LogP contribution < -0.4 is 5.32 Å². The van der Waals surface area contributed by atoms with Crippen LogP contribution in [0.25, 0.3) is 0 Å². The van der Waals surface area contributed by atoms with Crippen molar-refractivity contribution in [2.45, 2.75) is 65.6 Å². The summed E-state index contributed by atoms with van der Waals surface area (Å²) >= 11 is 0. The largest absolute Gasteiger partial charge is 0.481 e. The maximum Gasteiger partial charge on any atom is 0.407 e. The van der Waals surface area contributed by atoms with Gasteiger partial charge in [-0.2, -0.15) is 0 Å². The molecular weight excluding hydrogens is 302 g/mol. The Hall–Kier alpha value is -1.34. The van der Waals surface area contributed by atoms with Gasteiger partial charge < -0.3 is 24.6 Å². The Labute approximate surface area is 139 Å². The topological polar surface area (TPSA) is 94.1 Å². The Morgan fingerprint density at radius 3 is 2.26 bits per heavy atom. The summed E-state index contributed by atoms with van der Waals surface area (Å²) < 4.78 is 15.3. The number of nitrogens with one attached hydrogen (secondary N) is 1. The van der Waals surface area contributed by atoms with E-state index in [1.165, 1.54) is 7.05 Å². The van der Waals surface area contributed by atoms with Crippen LogP contribution in [0.4, 0.5) is 4.79 Å². The lowest BCUT2D eigenvalue weighted by Gasteiger charge is -2.18. The Bertz CT molecular complexity index is 308. The number of carbonyl (C=O) groups is 2. The third kappa shape index (κ3) is 18.6. The molecule has 1 amide bonds. The van der Waals surface area contributed by atoms with Crippen molar-refractivity contribution < 1.29 is 28.9 Å². The van der Waals surface area contributed by atoms with Crippen LogP contribution >= 0.6 is 0 Å². The molecule has 7 nitrogen and oxygen atoms in total. The molecule has 1 heterocycles. The molecule has 138 valence electrons. The molecule has 2 N–H and O–H groups in total. The van der Waals surface area contributed by atoms with Gasteiger partial charge in [-0.15, -0.1) is 0 Å². The number of carboxylic acid groups (broad SMARTS) is 1. The SMILES string of the molecule is CC.CNC(=O)OC(C)(C)C.O=C(O)CCCOC1CCOC1. The van der Waals surface area contributed by atoms with E-state index < -0.39 is 5.97 Å². The molecule has 1 aliphatic heterocycles. The maximum absolute atomic E-state index is 10.5. The zero-order valence-corrected chi connectivity index (χ0v) is 15.3. The molecule has 23 heavy (non-hydrogen) atoms. The van der Waals surface area contributed by atoms with Gasteiger partial charge in [-0.1, -0.05) is 13.8 Å². The molecule has 0 bridgehead atoms. The van der Waals surface area contributed by atoms with Gasteiger partial charge in [0.15, 0.2) is 0 Å². The lowest BCUT2D eigenvalue weighted by atomic mass is 10.2. The van der Waals surface area contributed by atoms with Gasteiger partial charge in [0.05, 0.1) is 12.7 Å². The number of amides is 1. The van der Waals surface area contributed by atoms with Crippen LogP contribution in [-0.2, 0) is 19.0 Å². The third-order valence-corrected chi connectivity index (χ3v) is 2.38. The molecule has 1 atom stereocenters. The summed E-state index contributed by atoms with van der Waals surface area (Å²) in [5, 5.41) is 10.7. The van der Waals surface area contributed by atoms with Crippen molar-refractivity contribution in [3.8, 4) is 0 Å². The molecule has 0 aromatic heterocycles. The minimum Gasteiger partial charge on any atom is -0.481 e. The van der Waals surface area contributed by atoms with Gasteiger partial charge in [0.2, 0.25) is 0 Å². The smallest absolute Gasteiger partial charge is 0.407 e. The predicted octanol–water partition coefficient (Wildman–Crippen LogP) is 2.82. The summed E-state index contributed by atoms with van der Waals surface area (Å²) in [7, 11) is 1.54. The van der Waals surface area contributed by atoms with Crippen molar-refractivity contribution in [2.75, 3.05) is 26.9 Å². The molecule has 1 aliphatic rings. The van der Waals surface area contributed by atoms with Crippen molar-refractivity contribution in [1.82, 2.24) is 5.32 Å². The molecule has 0 saturated carbocycles. The van der Waals surface area contributed by atoms with Crippen molar-refractivity contribution in [3.63, 3.8) is 0 Å². The quantitative estimate of drug-likeness (QED) is 0.750. The summed E-state index contributed by atoms with van der Waals surface area (Å²) in [4.78, 5) is 20.6. The zero-order chi connectivity index (χ0) is 18.3. The average Bonchev–Trinajstić information content (AvgIpc) is 2.98. The fourth-order valence-corrected chi connectivity index (χ4v) is 1.45. The molecule has 0 aromatic carbocycles. The van der Waals surface area contributed by atoms with E-state index in [0.717, 1.165) is 13.0 Å². The fourth-order valence-electron chi connectivity index (χ4n) is 1.45. The Kier molecular flexibility index (Phi) is 14.8. The van der Waals surface area contributed by atoms with Gasteiger partial charge in [0, 0.05) is 26.7 Å². The number of carbonyl (C=O) groups excluding carboxylic acids is 1. The molecule has 0 aliphatic carbocycles. The van der Waals surface area contributed by atoms with Crippen LogP contribution in [0.1, 0.15) is 53.9 Å². The molecule has 0 aromatic rings. The van der Waals surface area contributed by atoms with Crippen LogP contribution in [0, 0.1) is 0 Å². The first-order valence-corrected chi connectivity index (χ1v) is 8.06. The van der Waals surface area contributed by atoms with Crippen molar-refractivity contribution in [1.29, 1.82) is 0 Å². The second-order valence-corrected chi connectivity index (χ2v) is 5.61. The highest BCUT2D eigenvalue weighted by molar-refractivity contribution is 5.67. The predicted molar refractivity (Wildman–Crippen MR) is 88.7 cm³/mol. The number of aliphatic carboxylic acids is 1. The van der Waals surface area contributed by atoms with Crippen LogP contribution in [-0.4, -0.2) is 55.7 Å². The van der Waals surface area contributed by atoms with Gasteiger partial charge >= 0.3 is 12.1 Å². The van der Waals surface area contributed by atoms with E-state index >= 15 is 0 Å². The number of carboxylic acids is 1. The van der Waals surface area contributed by atoms with E-state index in [1.807, 2.05) is 34.6 Å². The highest BCUT2D eigenvalue weighted by Crippen LogP contribution is 2.08. The monoisotopic (exact) mass is 335 g/mol. The first kappa shape index (κ1) is 23.9. The molecular formula is C16H33NO6. The molecule has 0 radical (unpaired) electrons. The number of hydrogen-bond donors (Lipinski definition) is 2. The summed E-state index contributed by atoms with van der Waals surface area (Å²) in [6, 6.07) is 0. The van der Waals surface area contributed by atoms with E-state index in [4.69, 9.17) is 19.3 Å². The standard InChI is InChI=1S/C8H14O4.C6H13NO2.C2H6/c9-8(10)2-1-4-12-7-3-5-11-6-7;1-6(2,3)9-5(8)7-4;1-2/h7H,1-6H2,(H,9,10);1-4H3,(H,7,8);1-2H3. The van der Waals surface area contributed by atoms with Crippen LogP contribution in [0.5, 0.6) is 0 Å². The third-order valence-electron chi connectivity index (χ3n) is 2.38. The lowest BCUT2D eigenvalue weighted by molar-refractivity contribution is -0.137. The number of ether oxygens (including phenoxy) is 3. The van der Waals surface area contributed by atoms with Crippen LogP contribution in [0.2, 0.25) is 0 Å². The van der Waals surface area contributed by atoms with Gasteiger partial charge in [-0.25, -0.2) is 4.79 Å². The minimum atomic E-state index is -0.763. The molecule has 1 fully saturated rings. The Morgan fingerprint density at radius 2 is 1.91 bits per heavy atom. The number of hydrogen-bond acceptors (Lipinski definition) is 5. The first-order valence-electron chi connectivity index (χ1n) is 8.06. The minimum absolute atomic E-state index is 0.188. The van der Waals surface area contributed by atoms with E-state index in [0.29, 0.717) is 19.6 Å². The van der Waals surface area contributed by atoms with Gasteiger partial charge in [0.1, 0.15) is 5.60 Å². The molecule has 0 spiro atoms. The van der Waals surface area contributed by atoms with E-state index in [2.05, 4.69) is 5.32 Å². The lowest BCUT2D eigenvalue weighted by Crippen LogP contribution is -2.30. The van der Waals surface area contributed by atoms with E-state index in [1.54, 1.807) is 0 Å². The summed E-state index contributed by atoms with van der Waals surface area (Å²) in [6.45, 7) is 11.4. The van der Waals surface area contributed by atoms with Gasteiger partial charge in [0.25, 0.3) is 0 Å². The molecule has 1 rings (SSSR count). The van der Waals surface area contributed by atoms with Gasteiger partial charge in [-0.05, 0) is 33.6 Å². The highest BCUT2D eigenvalue weighted by atomic mass is 16.6. The first-order chi connectivity index (χ1) is 10.7. The molecule has 1 unspecified atom stereocenters. The fraction of sp³-hybridized carbons (Fsp3) is 0.875. The molecule has 1 saturated heterocycles. The average molecular weight is 335 g/mol. The summed E-state index contributed by atoms with van der Waals surface area (Å²) in [5.41, 5.74) is -0.389. The number of rotatable bonds is 5. The normalized spacial score (nSPS) is 16.3. The van der Waals surface area contributed by atoms with Gasteiger partial charge in [-0.3, -0.25) is 4.79 Å². The summed E-state index contributed by atoms with van der Waals surface area (Å²) in [6.07, 6.45) is 1.52. The van der Waals surface area contributed by atoms with Crippen LogP contribution in [0.3, 0.4) is 0 Å². The van der Waals surface area contributed by atoms with Crippen molar-refractivity contribution in [2.24, 2.45) is 0 Å². The number of alkyl carbamates (subject to hydrolysis) is 1. The highest BCUT2D eigenvalue weighted by Gasteiger charge is 2.15. The Morgan fingerprint density at radius 1 is 1.30 bits per heavy atom. The Balaban J connectivity index is 0. The maximum atomic E-state index is 10.5. The van der Waals surface area contributed by atoms with E-state index in [-0.39, 0.29) is 24.2 Å². The molecule has 7 heteroatoms. The second kappa shape index (κ2) is 14.3. The van der Waals surface area contributed by atoms with E-state index in [9.17, 15) is 9.59 Å². The summed E-state index contributed by atoms with van der Waals surface area (Å²) in [5.74, 6) is -0.763. The van der Waals surface area contributed by atoms with Crippen LogP contribution in [0.15, 0.2) is 0 Å². The van der Waals surface area contributed by atoms with Crippen molar-refractivity contribution in [3.05, 3.63) is 0 Å². The zero-order valence-electron chi connectivity index (χ0n) is 15.3. The second-order valence-electron chi connectivity index (χ2n) is 5.61.